The van der Waals surface area contributed by atoms with Crippen molar-refractivity contribution in [1.29, 1.82) is 0 Å². The Balaban J connectivity index is 2.66. The number of rotatable bonds is 5. The molecule has 1 amide bonds. The van der Waals surface area contributed by atoms with E-state index < -0.39 is 11.0 Å². The molecule has 1 atom stereocenters. The summed E-state index contributed by atoms with van der Waals surface area (Å²) in [7, 11) is 0. The third kappa shape index (κ3) is 4.31. The fourth-order valence-electron chi connectivity index (χ4n) is 1.30. The SMILES string of the molecule is CC(O)CCC(=O)Nc1ccc([N+](=O)[O-])c(Cl)c1. The molecule has 0 aromatic heterocycles. The molecule has 0 spiro atoms. The van der Waals surface area contributed by atoms with Gasteiger partial charge in [0.2, 0.25) is 5.91 Å². The molecule has 0 saturated heterocycles. The molecule has 1 rings (SSSR count). The van der Waals surface area contributed by atoms with E-state index in [9.17, 15) is 14.9 Å². The Labute approximate surface area is 109 Å². The number of nitro benzene ring substituents is 1. The maximum Gasteiger partial charge on any atom is 0.288 e. The number of carbonyl (C=O) groups is 1. The maximum absolute atomic E-state index is 11.4. The van der Waals surface area contributed by atoms with Crippen LogP contribution in [0.5, 0.6) is 0 Å². The third-order valence-corrected chi connectivity index (χ3v) is 2.52. The summed E-state index contributed by atoms with van der Waals surface area (Å²) in [5, 5.41) is 22.1. The zero-order chi connectivity index (χ0) is 13.7. The van der Waals surface area contributed by atoms with Crippen LogP contribution in [0.3, 0.4) is 0 Å². The predicted molar refractivity (Wildman–Crippen MR) is 67.7 cm³/mol. The highest BCUT2D eigenvalue weighted by Crippen LogP contribution is 2.27. The molecule has 1 aromatic rings. The third-order valence-electron chi connectivity index (χ3n) is 2.22. The first kappa shape index (κ1) is 14.4. The Morgan fingerprint density at radius 2 is 2.28 bits per heavy atom. The van der Waals surface area contributed by atoms with E-state index in [1.807, 2.05) is 0 Å². The molecule has 2 N–H and O–H groups in total. The van der Waals surface area contributed by atoms with Crippen LogP contribution in [0.4, 0.5) is 11.4 Å². The van der Waals surface area contributed by atoms with Crippen molar-refractivity contribution in [3.05, 3.63) is 33.3 Å². The van der Waals surface area contributed by atoms with Crippen LogP contribution in [-0.2, 0) is 4.79 Å². The second-order valence-electron chi connectivity index (χ2n) is 3.86. The largest absolute Gasteiger partial charge is 0.393 e. The van der Waals surface area contributed by atoms with Crippen LogP contribution < -0.4 is 5.32 Å². The van der Waals surface area contributed by atoms with Crippen LogP contribution in [0.1, 0.15) is 19.8 Å². The van der Waals surface area contributed by atoms with E-state index in [0.29, 0.717) is 12.1 Å². The zero-order valence-corrected chi connectivity index (χ0v) is 10.5. The van der Waals surface area contributed by atoms with Crippen molar-refractivity contribution in [1.82, 2.24) is 0 Å². The summed E-state index contributed by atoms with van der Waals surface area (Å²) in [6, 6.07) is 3.96. The lowest BCUT2D eigenvalue weighted by atomic mass is 10.2. The van der Waals surface area contributed by atoms with Crippen molar-refractivity contribution in [2.75, 3.05) is 5.32 Å². The maximum atomic E-state index is 11.4. The Kier molecular flexibility index (Phi) is 5.06. The minimum Gasteiger partial charge on any atom is -0.393 e. The molecule has 0 fully saturated rings. The summed E-state index contributed by atoms with van der Waals surface area (Å²) < 4.78 is 0. The van der Waals surface area contributed by atoms with E-state index in [0.717, 1.165) is 0 Å². The fraction of sp³-hybridized carbons (Fsp3) is 0.364. The Morgan fingerprint density at radius 1 is 1.61 bits per heavy atom. The van der Waals surface area contributed by atoms with Gasteiger partial charge in [0.25, 0.3) is 5.69 Å². The molecule has 0 saturated carbocycles. The van der Waals surface area contributed by atoms with Crippen molar-refractivity contribution in [2.24, 2.45) is 0 Å². The minimum atomic E-state index is -0.596. The molecule has 0 aliphatic rings. The number of nitro groups is 1. The zero-order valence-electron chi connectivity index (χ0n) is 9.72. The van der Waals surface area contributed by atoms with Crippen molar-refractivity contribution >= 4 is 28.9 Å². The Bertz CT molecular complexity index is 462. The number of aliphatic hydroxyl groups excluding tert-OH is 1. The van der Waals surface area contributed by atoms with Gasteiger partial charge in [-0.25, -0.2) is 0 Å². The van der Waals surface area contributed by atoms with Crippen LogP contribution in [-0.4, -0.2) is 22.0 Å². The highest BCUT2D eigenvalue weighted by atomic mass is 35.5. The van der Waals surface area contributed by atoms with Gasteiger partial charge in [-0.05, 0) is 25.5 Å². The lowest BCUT2D eigenvalue weighted by molar-refractivity contribution is -0.384. The standard InChI is InChI=1S/C11H13ClN2O4/c1-7(15)2-5-11(16)13-8-3-4-10(14(17)18)9(12)6-8/h3-4,6-7,15H,2,5H2,1H3,(H,13,16). The number of aliphatic hydroxyl groups is 1. The van der Waals surface area contributed by atoms with E-state index in [4.69, 9.17) is 16.7 Å². The summed E-state index contributed by atoms with van der Waals surface area (Å²) in [6.07, 6.45) is -0.0186. The fourth-order valence-corrected chi connectivity index (χ4v) is 1.55. The van der Waals surface area contributed by atoms with Gasteiger partial charge in [0, 0.05) is 18.2 Å². The summed E-state index contributed by atoms with van der Waals surface area (Å²) in [6.45, 7) is 1.59. The number of hydrogen-bond acceptors (Lipinski definition) is 4. The molecule has 1 aromatic carbocycles. The van der Waals surface area contributed by atoms with Gasteiger partial charge >= 0.3 is 0 Å². The van der Waals surface area contributed by atoms with Gasteiger partial charge in [0.1, 0.15) is 5.02 Å². The number of nitrogens with one attached hydrogen (secondary N) is 1. The van der Waals surface area contributed by atoms with Crippen LogP contribution >= 0.6 is 11.6 Å². The van der Waals surface area contributed by atoms with E-state index >= 15 is 0 Å². The van der Waals surface area contributed by atoms with Crippen molar-refractivity contribution in [2.45, 2.75) is 25.9 Å². The molecule has 6 nitrogen and oxygen atoms in total. The van der Waals surface area contributed by atoms with Crippen molar-refractivity contribution in [3.8, 4) is 0 Å². The van der Waals surface area contributed by atoms with E-state index in [1.165, 1.54) is 18.2 Å². The smallest absolute Gasteiger partial charge is 0.288 e. The first-order valence-corrected chi connectivity index (χ1v) is 5.70. The Morgan fingerprint density at radius 3 is 2.78 bits per heavy atom. The normalized spacial score (nSPS) is 11.9. The number of hydrogen-bond donors (Lipinski definition) is 2. The van der Waals surface area contributed by atoms with Gasteiger partial charge < -0.3 is 10.4 Å². The first-order chi connectivity index (χ1) is 8.40. The van der Waals surface area contributed by atoms with Crippen LogP contribution in [0.25, 0.3) is 0 Å². The average molecular weight is 273 g/mol. The topological polar surface area (TPSA) is 92.5 Å². The Hall–Kier alpha value is -1.66. The molecule has 98 valence electrons. The van der Waals surface area contributed by atoms with E-state index in [-0.39, 0.29) is 23.0 Å². The lowest BCUT2D eigenvalue weighted by Crippen LogP contribution is -2.14. The number of amides is 1. The van der Waals surface area contributed by atoms with Gasteiger partial charge in [-0.1, -0.05) is 11.6 Å². The number of anilines is 1. The predicted octanol–water partition coefficient (Wildman–Crippen LogP) is 2.35. The summed E-state index contributed by atoms with van der Waals surface area (Å²) in [5.74, 6) is -0.277. The second kappa shape index (κ2) is 6.32. The average Bonchev–Trinajstić information content (AvgIpc) is 2.26. The van der Waals surface area contributed by atoms with Gasteiger partial charge in [-0.2, -0.15) is 0 Å². The molecule has 18 heavy (non-hydrogen) atoms. The highest BCUT2D eigenvalue weighted by molar-refractivity contribution is 6.33. The molecule has 0 radical (unpaired) electrons. The molecular formula is C11H13ClN2O4. The van der Waals surface area contributed by atoms with Gasteiger partial charge in [-0.3, -0.25) is 14.9 Å². The minimum absolute atomic E-state index is 0.0340. The lowest BCUT2D eigenvalue weighted by Gasteiger charge is -2.06. The summed E-state index contributed by atoms with van der Waals surface area (Å²) >= 11 is 5.70. The summed E-state index contributed by atoms with van der Waals surface area (Å²) in [4.78, 5) is 21.4. The molecule has 0 aliphatic heterocycles. The molecule has 0 aliphatic carbocycles. The summed E-state index contributed by atoms with van der Waals surface area (Å²) in [5.41, 5.74) is 0.180. The van der Waals surface area contributed by atoms with Crippen LogP contribution in [0, 0.1) is 10.1 Å². The molecule has 7 heteroatoms. The number of halogens is 1. The van der Waals surface area contributed by atoms with Crippen molar-refractivity contribution in [3.63, 3.8) is 0 Å². The van der Waals surface area contributed by atoms with Gasteiger partial charge in [-0.15, -0.1) is 0 Å². The highest BCUT2D eigenvalue weighted by Gasteiger charge is 2.13. The van der Waals surface area contributed by atoms with Gasteiger partial charge in [0.15, 0.2) is 0 Å². The first-order valence-electron chi connectivity index (χ1n) is 5.32. The molecule has 0 heterocycles. The van der Waals surface area contributed by atoms with Crippen molar-refractivity contribution < 1.29 is 14.8 Å². The number of carbonyl (C=O) groups excluding carboxylic acids is 1. The number of benzene rings is 1. The van der Waals surface area contributed by atoms with Crippen LogP contribution in [0.15, 0.2) is 18.2 Å². The molecule has 1 unspecified atom stereocenters. The van der Waals surface area contributed by atoms with Crippen LogP contribution in [0.2, 0.25) is 5.02 Å². The van der Waals surface area contributed by atoms with E-state index in [1.54, 1.807) is 6.92 Å². The monoisotopic (exact) mass is 272 g/mol. The van der Waals surface area contributed by atoms with Gasteiger partial charge in [0.05, 0.1) is 11.0 Å². The molecular weight excluding hydrogens is 260 g/mol. The number of nitrogens with zero attached hydrogens (tertiary/aromatic N) is 1. The van der Waals surface area contributed by atoms with E-state index in [2.05, 4.69) is 5.32 Å². The molecule has 0 bridgehead atoms. The second-order valence-corrected chi connectivity index (χ2v) is 4.27. The quantitative estimate of drug-likeness (QED) is 0.635.